The molecular formula is C29H28N2O5. The van der Waals surface area contributed by atoms with Gasteiger partial charge in [-0.05, 0) is 74.2 Å². The van der Waals surface area contributed by atoms with E-state index in [4.69, 9.17) is 13.9 Å². The van der Waals surface area contributed by atoms with E-state index < -0.39 is 6.04 Å². The van der Waals surface area contributed by atoms with Crippen LogP contribution in [0.15, 0.2) is 64.1 Å². The number of benzene rings is 2. The van der Waals surface area contributed by atoms with Gasteiger partial charge in [-0.3, -0.25) is 14.6 Å². The minimum absolute atomic E-state index is 0.0835. The fourth-order valence-electron chi connectivity index (χ4n) is 4.91. The Balaban J connectivity index is 1.74. The van der Waals surface area contributed by atoms with Crippen LogP contribution < -0.4 is 14.9 Å². The Morgan fingerprint density at radius 2 is 1.78 bits per heavy atom. The number of ether oxygens (including phenoxy) is 2. The van der Waals surface area contributed by atoms with Gasteiger partial charge in [0.05, 0.1) is 30.2 Å². The lowest BCUT2D eigenvalue weighted by atomic mass is 9.97. The van der Waals surface area contributed by atoms with E-state index in [0.717, 1.165) is 22.3 Å². The molecule has 1 atom stereocenters. The number of amides is 1. The molecule has 184 valence electrons. The molecule has 1 amide bonds. The lowest BCUT2D eigenvalue weighted by Gasteiger charge is -2.26. The molecule has 4 aromatic rings. The summed E-state index contributed by atoms with van der Waals surface area (Å²) in [7, 11) is 0. The number of hydrogen-bond acceptors (Lipinski definition) is 6. The summed E-state index contributed by atoms with van der Waals surface area (Å²) >= 11 is 0. The maximum atomic E-state index is 13.9. The van der Waals surface area contributed by atoms with Crippen LogP contribution in [0, 0.1) is 13.8 Å². The van der Waals surface area contributed by atoms with Crippen LogP contribution in [0.3, 0.4) is 0 Å². The van der Waals surface area contributed by atoms with Gasteiger partial charge in [-0.1, -0.05) is 18.2 Å². The fourth-order valence-corrected chi connectivity index (χ4v) is 4.91. The molecule has 0 unspecified atom stereocenters. The highest BCUT2D eigenvalue weighted by Crippen LogP contribution is 2.42. The molecule has 1 aliphatic rings. The van der Waals surface area contributed by atoms with Crippen molar-refractivity contribution >= 4 is 16.9 Å². The first-order valence-electron chi connectivity index (χ1n) is 12.1. The van der Waals surface area contributed by atoms with Crippen molar-refractivity contribution in [3.63, 3.8) is 0 Å². The molecule has 0 saturated carbocycles. The van der Waals surface area contributed by atoms with E-state index >= 15 is 0 Å². The van der Waals surface area contributed by atoms with Gasteiger partial charge in [0, 0.05) is 18.9 Å². The number of carbonyl (C=O) groups excluding carboxylic acids is 1. The molecule has 0 radical (unpaired) electrons. The topological polar surface area (TPSA) is 81.9 Å². The van der Waals surface area contributed by atoms with Gasteiger partial charge in [-0.2, -0.15) is 0 Å². The summed E-state index contributed by atoms with van der Waals surface area (Å²) < 4.78 is 17.8. The molecule has 5 rings (SSSR count). The van der Waals surface area contributed by atoms with E-state index in [9.17, 15) is 9.59 Å². The molecule has 0 N–H and O–H groups in total. The molecule has 0 fully saturated rings. The molecule has 0 spiro atoms. The number of pyridine rings is 1. The molecular weight excluding hydrogens is 456 g/mol. The average Bonchev–Trinajstić information content (AvgIpc) is 3.13. The number of carbonyl (C=O) groups is 1. The van der Waals surface area contributed by atoms with Gasteiger partial charge in [0.1, 0.15) is 5.58 Å². The second-order valence-electron chi connectivity index (χ2n) is 8.90. The van der Waals surface area contributed by atoms with Crippen LogP contribution in [0.1, 0.15) is 58.3 Å². The zero-order valence-corrected chi connectivity index (χ0v) is 20.8. The molecule has 7 nitrogen and oxygen atoms in total. The summed E-state index contributed by atoms with van der Waals surface area (Å²) in [4.78, 5) is 33.5. The smallest absolute Gasteiger partial charge is 0.291 e. The molecule has 0 bridgehead atoms. The van der Waals surface area contributed by atoms with E-state index in [-0.39, 0.29) is 23.6 Å². The van der Waals surface area contributed by atoms with Crippen LogP contribution in [0.5, 0.6) is 11.5 Å². The van der Waals surface area contributed by atoms with Gasteiger partial charge in [-0.15, -0.1) is 0 Å². The first-order valence-corrected chi connectivity index (χ1v) is 12.1. The van der Waals surface area contributed by atoms with Gasteiger partial charge in [0.2, 0.25) is 5.76 Å². The lowest BCUT2D eigenvalue weighted by molar-refractivity contribution is 0.0714. The summed E-state index contributed by atoms with van der Waals surface area (Å²) in [5.74, 6) is 0.934. The molecule has 3 heterocycles. The fraction of sp³-hybridized carbons (Fsp3) is 0.276. The quantitative estimate of drug-likeness (QED) is 0.352. The van der Waals surface area contributed by atoms with Gasteiger partial charge in [0.25, 0.3) is 5.91 Å². The molecule has 2 aromatic heterocycles. The van der Waals surface area contributed by atoms with Crippen molar-refractivity contribution in [3.05, 3.63) is 98.7 Å². The van der Waals surface area contributed by atoms with Crippen molar-refractivity contribution in [1.29, 1.82) is 0 Å². The molecule has 0 aliphatic carbocycles. The number of rotatable bonds is 7. The summed E-state index contributed by atoms with van der Waals surface area (Å²) in [5, 5.41) is 0.475. The predicted octanol–water partition coefficient (Wildman–Crippen LogP) is 5.35. The molecule has 1 aliphatic heterocycles. The Hall–Kier alpha value is -4.13. The van der Waals surface area contributed by atoms with Crippen LogP contribution >= 0.6 is 0 Å². The van der Waals surface area contributed by atoms with Crippen molar-refractivity contribution in [2.75, 3.05) is 13.2 Å². The Labute approximate surface area is 209 Å². The van der Waals surface area contributed by atoms with E-state index in [1.165, 1.54) is 0 Å². The molecule has 7 heteroatoms. The van der Waals surface area contributed by atoms with Crippen LogP contribution in [-0.2, 0) is 6.54 Å². The van der Waals surface area contributed by atoms with Gasteiger partial charge >= 0.3 is 0 Å². The number of nitrogens with zero attached hydrogens (tertiary/aromatic N) is 2. The third-order valence-corrected chi connectivity index (χ3v) is 6.36. The highest BCUT2D eigenvalue weighted by atomic mass is 16.5. The first-order chi connectivity index (χ1) is 17.4. The molecule has 2 aromatic carbocycles. The Bertz CT molecular complexity index is 1510. The summed E-state index contributed by atoms with van der Waals surface area (Å²) in [6, 6.07) is 12.4. The Kier molecular flexibility index (Phi) is 6.22. The summed E-state index contributed by atoms with van der Waals surface area (Å²) in [6.45, 7) is 8.85. The van der Waals surface area contributed by atoms with Crippen LogP contribution in [-0.4, -0.2) is 29.0 Å². The minimum atomic E-state index is -0.649. The zero-order valence-electron chi connectivity index (χ0n) is 20.8. The van der Waals surface area contributed by atoms with E-state index in [1.807, 2.05) is 70.2 Å². The van der Waals surface area contributed by atoms with Crippen molar-refractivity contribution in [2.45, 2.75) is 40.3 Å². The van der Waals surface area contributed by atoms with Gasteiger partial charge < -0.3 is 18.8 Å². The van der Waals surface area contributed by atoms with E-state index in [0.29, 0.717) is 41.2 Å². The monoisotopic (exact) mass is 484 g/mol. The highest BCUT2D eigenvalue weighted by molar-refractivity contribution is 5.99. The standard InChI is InChI=1S/C29H28N2O5/c1-5-34-22-10-9-20(14-23(22)35-6-2)25-24-26(32)21-13-17(3)12-18(4)27(21)36-28(24)29(33)31(25)16-19-8-7-11-30-15-19/h7-15,25H,5-6,16H2,1-4H3/t25-/m1/s1. The van der Waals surface area contributed by atoms with Gasteiger partial charge in [0.15, 0.2) is 16.9 Å². The Morgan fingerprint density at radius 3 is 2.50 bits per heavy atom. The van der Waals surface area contributed by atoms with E-state index in [1.54, 1.807) is 17.3 Å². The summed E-state index contributed by atoms with van der Waals surface area (Å²) in [6.07, 6.45) is 3.40. The number of hydrogen-bond donors (Lipinski definition) is 0. The van der Waals surface area contributed by atoms with Crippen LogP contribution in [0.4, 0.5) is 0 Å². The number of aryl methyl sites for hydroxylation is 2. The largest absolute Gasteiger partial charge is 0.490 e. The predicted molar refractivity (Wildman–Crippen MR) is 137 cm³/mol. The van der Waals surface area contributed by atoms with Crippen molar-refractivity contribution in [3.8, 4) is 11.5 Å². The second kappa shape index (κ2) is 9.49. The van der Waals surface area contributed by atoms with Crippen molar-refractivity contribution < 1.29 is 18.7 Å². The number of fused-ring (bicyclic) bond motifs is 2. The lowest BCUT2D eigenvalue weighted by Crippen LogP contribution is -2.29. The van der Waals surface area contributed by atoms with Crippen molar-refractivity contribution in [2.24, 2.45) is 0 Å². The second-order valence-corrected chi connectivity index (χ2v) is 8.90. The highest BCUT2D eigenvalue weighted by Gasteiger charge is 2.43. The normalized spacial score (nSPS) is 14.8. The minimum Gasteiger partial charge on any atom is -0.490 e. The molecule has 0 saturated heterocycles. The maximum absolute atomic E-state index is 13.9. The Morgan fingerprint density at radius 1 is 1.00 bits per heavy atom. The first kappa shape index (κ1) is 23.6. The SMILES string of the molecule is CCOc1ccc([C@@H]2c3c(oc4c(C)cc(C)cc4c3=O)C(=O)N2Cc2cccnc2)cc1OCC. The molecule has 36 heavy (non-hydrogen) atoms. The van der Waals surface area contributed by atoms with Crippen LogP contribution in [0.2, 0.25) is 0 Å². The van der Waals surface area contributed by atoms with E-state index in [2.05, 4.69) is 4.98 Å². The third-order valence-electron chi connectivity index (χ3n) is 6.36. The van der Waals surface area contributed by atoms with Crippen molar-refractivity contribution in [1.82, 2.24) is 9.88 Å². The maximum Gasteiger partial charge on any atom is 0.291 e. The van der Waals surface area contributed by atoms with Gasteiger partial charge in [-0.25, -0.2) is 0 Å². The average molecular weight is 485 g/mol. The zero-order chi connectivity index (χ0) is 25.4. The summed E-state index contributed by atoms with van der Waals surface area (Å²) in [5.41, 5.74) is 3.96. The van der Waals surface area contributed by atoms with Crippen LogP contribution in [0.25, 0.3) is 11.0 Å². The third kappa shape index (κ3) is 4.00. The number of aromatic nitrogens is 1.